The molecular weight excluding hydrogens is 212 g/mol. The second-order valence-corrected chi connectivity index (χ2v) is 5.95. The zero-order valence-corrected chi connectivity index (χ0v) is 11.2. The lowest BCUT2D eigenvalue weighted by molar-refractivity contribution is -0.134. The quantitative estimate of drug-likeness (QED) is 0.796. The molecule has 0 spiro atoms. The van der Waals surface area contributed by atoms with E-state index < -0.39 is 0 Å². The molecule has 0 bridgehead atoms. The molecule has 17 heavy (non-hydrogen) atoms. The number of hydrogen-bond acceptors (Lipinski definition) is 2. The molecule has 0 aromatic rings. The first kappa shape index (κ1) is 12.9. The molecule has 0 radical (unpaired) electrons. The summed E-state index contributed by atoms with van der Waals surface area (Å²) >= 11 is 0. The van der Waals surface area contributed by atoms with E-state index in [4.69, 9.17) is 0 Å². The van der Waals surface area contributed by atoms with Gasteiger partial charge in [0.1, 0.15) is 0 Å². The second kappa shape index (κ2) is 5.85. The van der Waals surface area contributed by atoms with Crippen LogP contribution in [0.4, 0.5) is 0 Å². The predicted octanol–water partition coefficient (Wildman–Crippen LogP) is 2.17. The fourth-order valence-corrected chi connectivity index (χ4v) is 2.52. The molecule has 2 fully saturated rings. The first-order valence-corrected chi connectivity index (χ1v) is 7.22. The third kappa shape index (κ3) is 3.70. The molecule has 1 saturated heterocycles. The van der Waals surface area contributed by atoms with Crippen LogP contribution in [0.1, 0.15) is 52.4 Å². The first-order valence-electron chi connectivity index (χ1n) is 7.22. The van der Waals surface area contributed by atoms with Crippen LogP contribution in [0.2, 0.25) is 0 Å². The summed E-state index contributed by atoms with van der Waals surface area (Å²) in [4.78, 5) is 14.6. The zero-order valence-electron chi connectivity index (χ0n) is 11.2. The lowest BCUT2D eigenvalue weighted by atomic mass is 10.0. The van der Waals surface area contributed by atoms with E-state index in [9.17, 15) is 4.79 Å². The van der Waals surface area contributed by atoms with Crippen LogP contribution in [0.15, 0.2) is 0 Å². The minimum absolute atomic E-state index is 0.108. The van der Waals surface area contributed by atoms with Crippen molar-refractivity contribution in [2.24, 2.45) is 5.92 Å². The number of amides is 1. The monoisotopic (exact) mass is 238 g/mol. The highest BCUT2D eigenvalue weighted by Crippen LogP contribution is 2.28. The summed E-state index contributed by atoms with van der Waals surface area (Å²) in [5.74, 6) is 1.05. The van der Waals surface area contributed by atoms with Crippen molar-refractivity contribution in [2.45, 2.75) is 64.5 Å². The Kier molecular flexibility index (Phi) is 4.43. The molecule has 2 rings (SSSR count). The van der Waals surface area contributed by atoms with Crippen molar-refractivity contribution in [1.82, 2.24) is 10.2 Å². The Hall–Kier alpha value is -0.570. The highest BCUT2D eigenvalue weighted by molar-refractivity contribution is 5.82. The van der Waals surface area contributed by atoms with Crippen LogP contribution in [-0.2, 0) is 4.79 Å². The fourth-order valence-electron chi connectivity index (χ4n) is 2.52. The zero-order chi connectivity index (χ0) is 12.3. The number of hydrogen-bond donors (Lipinski definition) is 1. The van der Waals surface area contributed by atoms with Crippen molar-refractivity contribution in [3.63, 3.8) is 0 Å². The second-order valence-electron chi connectivity index (χ2n) is 5.95. The molecule has 0 aromatic carbocycles. The molecule has 98 valence electrons. The number of carbonyl (C=O) groups is 1. The van der Waals surface area contributed by atoms with Gasteiger partial charge in [-0.2, -0.15) is 0 Å². The molecule has 3 nitrogen and oxygen atoms in total. The van der Waals surface area contributed by atoms with E-state index in [0.29, 0.717) is 17.9 Å². The Morgan fingerprint density at radius 2 is 2.06 bits per heavy atom. The highest BCUT2D eigenvalue weighted by atomic mass is 16.2. The lowest BCUT2D eigenvalue weighted by Crippen LogP contribution is -2.49. The van der Waals surface area contributed by atoms with Crippen molar-refractivity contribution < 1.29 is 4.79 Å². The molecule has 1 heterocycles. The van der Waals surface area contributed by atoms with Crippen LogP contribution < -0.4 is 5.32 Å². The molecule has 1 amide bonds. The summed E-state index contributed by atoms with van der Waals surface area (Å²) in [6, 6.07) is 0.668. The molecule has 3 heteroatoms. The van der Waals surface area contributed by atoms with Gasteiger partial charge in [0.2, 0.25) is 5.91 Å². The van der Waals surface area contributed by atoms with Crippen LogP contribution >= 0.6 is 0 Å². The molecule has 2 aliphatic rings. The van der Waals surface area contributed by atoms with Crippen molar-refractivity contribution in [3.8, 4) is 0 Å². The third-order valence-electron chi connectivity index (χ3n) is 3.83. The lowest BCUT2D eigenvalue weighted by Gasteiger charge is -2.30. The molecular formula is C14H26N2O. The van der Waals surface area contributed by atoms with E-state index in [1.807, 2.05) is 0 Å². The molecule has 1 aliphatic heterocycles. The highest BCUT2D eigenvalue weighted by Gasteiger charge is 2.35. The van der Waals surface area contributed by atoms with Crippen molar-refractivity contribution in [1.29, 1.82) is 0 Å². The SMILES string of the molecule is CC(C)CCN(C(=O)[C@@H]1CCCCN1)C1CC1. The normalized spacial score (nSPS) is 25.0. The van der Waals surface area contributed by atoms with Crippen molar-refractivity contribution in [2.75, 3.05) is 13.1 Å². The van der Waals surface area contributed by atoms with E-state index in [1.54, 1.807) is 0 Å². The van der Waals surface area contributed by atoms with E-state index >= 15 is 0 Å². The standard InChI is InChI=1S/C14H26N2O/c1-11(2)8-10-16(12-6-7-12)14(17)13-5-3-4-9-15-13/h11-13,15H,3-10H2,1-2H3/t13-/m0/s1. The summed E-state index contributed by atoms with van der Waals surface area (Å²) in [7, 11) is 0. The van der Waals surface area contributed by atoms with Crippen LogP contribution in [0.5, 0.6) is 0 Å². The number of nitrogens with zero attached hydrogens (tertiary/aromatic N) is 1. The number of nitrogens with one attached hydrogen (secondary N) is 1. The van der Waals surface area contributed by atoms with E-state index in [0.717, 1.165) is 25.9 Å². The van der Waals surface area contributed by atoms with Crippen LogP contribution in [-0.4, -0.2) is 36.0 Å². The van der Waals surface area contributed by atoms with Crippen LogP contribution in [0.25, 0.3) is 0 Å². The molecule has 1 aliphatic carbocycles. The number of rotatable bonds is 5. The average Bonchev–Trinajstić information content (AvgIpc) is 3.14. The van der Waals surface area contributed by atoms with Crippen LogP contribution in [0.3, 0.4) is 0 Å². The number of piperidine rings is 1. The maximum absolute atomic E-state index is 12.5. The Bertz CT molecular complexity index is 255. The minimum Gasteiger partial charge on any atom is -0.338 e. The van der Waals surface area contributed by atoms with E-state index in [-0.39, 0.29) is 6.04 Å². The van der Waals surface area contributed by atoms with Gasteiger partial charge in [-0.15, -0.1) is 0 Å². The first-order chi connectivity index (χ1) is 8.18. The van der Waals surface area contributed by atoms with Gasteiger partial charge in [-0.3, -0.25) is 4.79 Å². The van der Waals surface area contributed by atoms with Gasteiger partial charge in [0.15, 0.2) is 0 Å². The van der Waals surface area contributed by atoms with Gasteiger partial charge in [0.05, 0.1) is 6.04 Å². The van der Waals surface area contributed by atoms with E-state index in [2.05, 4.69) is 24.1 Å². The van der Waals surface area contributed by atoms with Crippen LogP contribution in [0, 0.1) is 5.92 Å². The van der Waals surface area contributed by atoms with E-state index in [1.165, 1.54) is 25.7 Å². The largest absolute Gasteiger partial charge is 0.338 e. The van der Waals surface area contributed by atoms with Gasteiger partial charge in [0.25, 0.3) is 0 Å². The number of carbonyl (C=O) groups excluding carboxylic acids is 1. The van der Waals surface area contributed by atoms with Gasteiger partial charge < -0.3 is 10.2 Å². The van der Waals surface area contributed by atoms with Gasteiger partial charge in [-0.05, 0) is 44.6 Å². The average molecular weight is 238 g/mol. The Balaban J connectivity index is 1.87. The third-order valence-corrected chi connectivity index (χ3v) is 3.83. The van der Waals surface area contributed by atoms with Gasteiger partial charge >= 0.3 is 0 Å². The maximum Gasteiger partial charge on any atom is 0.239 e. The summed E-state index contributed by atoms with van der Waals surface area (Å²) in [5.41, 5.74) is 0. The Morgan fingerprint density at radius 1 is 1.29 bits per heavy atom. The smallest absolute Gasteiger partial charge is 0.239 e. The molecule has 1 atom stereocenters. The van der Waals surface area contributed by atoms with Gasteiger partial charge in [-0.25, -0.2) is 0 Å². The van der Waals surface area contributed by atoms with Crippen molar-refractivity contribution in [3.05, 3.63) is 0 Å². The summed E-state index contributed by atoms with van der Waals surface area (Å²) in [5, 5.41) is 3.38. The van der Waals surface area contributed by atoms with Gasteiger partial charge in [-0.1, -0.05) is 20.3 Å². The predicted molar refractivity (Wildman–Crippen MR) is 69.8 cm³/mol. The summed E-state index contributed by atoms with van der Waals surface area (Å²) in [6.07, 6.45) is 7.02. The van der Waals surface area contributed by atoms with Gasteiger partial charge in [0, 0.05) is 12.6 Å². The molecule has 0 aromatic heterocycles. The molecule has 1 saturated carbocycles. The topological polar surface area (TPSA) is 32.3 Å². The molecule has 0 unspecified atom stereocenters. The summed E-state index contributed by atoms with van der Waals surface area (Å²) < 4.78 is 0. The fraction of sp³-hybridized carbons (Fsp3) is 0.929. The van der Waals surface area contributed by atoms with Crippen molar-refractivity contribution >= 4 is 5.91 Å². The minimum atomic E-state index is 0.108. The molecule has 1 N–H and O–H groups in total. The summed E-state index contributed by atoms with van der Waals surface area (Å²) in [6.45, 7) is 6.43. The Labute approximate surface area is 105 Å². The maximum atomic E-state index is 12.5. The Morgan fingerprint density at radius 3 is 2.59 bits per heavy atom.